The number of aromatic nitrogens is 2. The summed E-state index contributed by atoms with van der Waals surface area (Å²) in [5, 5.41) is 4.71. The first kappa shape index (κ1) is 18.8. The molecule has 2 aliphatic rings. The number of amides is 2. The van der Waals surface area contributed by atoms with Gasteiger partial charge in [-0.1, -0.05) is 17.7 Å². The van der Waals surface area contributed by atoms with Crippen molar-refractivity contribution in [2.75, 3.05) is 26.2 Å². The van der Waals surface area contributed by atoms with Gasteiger partial charge < -0.3 is 14.5 Å². The van der Waals surface area contributed by atoms with Crippen LogP contribution in [0.2, 0.25) is 5.02 Å². The van der Waals surface area contributed by atoms with Crippen molar-refractivity contribution in [2.45, 2.75) is 25.4 Å². The molecule has 2 aromatic rings. The van der Waals surface area contributed by atoms with Gasteiger partial charge in [-0.3, -0.25) is 14.3 Å². The van der Waals surface area contributed by atoms with E-state index in [1.165, 1.54) is 0 Å². The van der Waals surface area contributed by atoms with Crippen LogP contribution in [0.4, 0.5) is 0 Å². The number of piperidine rings is 1. The number of ether oxygens (including phenoxy) is 1. The molecule has 0 radical (unpaired) electrons. The fraction of sp³-hybridized carbons (Fsp3) is 0.450. The van der Waals surface area contributed by atoms with E-state index in [1.807, 2.05) is 22.1 Å². The van der Waals surface area contributed by atoms with Crippen LogP contribution in [-0.2, 0) is 16.1 Å². The van der Waals surface area contributed by atoms with Crippen LogP contribution in [0.25, 0.3) is 0 Å². The number of carbonyl (C=O) groups is 2. The van der Waals surface area contributed by atoms with Crippen molar-refractivity contribution in [1.29, 1.82) is 0 Å². The maximum Gasteiger partial charge on any atom is 0.260 e. The molecule has 2 amide bonds. The van der Waals surface area contributed by atoms with E-state index in [2.05, 4.69) is 5.10 Å². The summed E-state index contributed by atoms with van der Waals surface area (Å²) in [5.74, 6) is 1.09. The Morgan fingerprint density at radius 3 is 2.86 bits per heavy atom. The highest BCUT2D eigenvalue weighted by atomic mass is 35.5. The number of carbonyl (C=O) groups excluding carboxylic acids is 2. The third kappa shape index (κ3) is 4.14. The summed E-state index contributed by atoms with van der Waals surface area (Å²) in [5.41, 5.74) is 0. The highest BCUT2D eigenvalue weighted by Gasteiger charge is 2.45. The van der Waals surface area contributed by atoms with Crippen LogP contribution in [-0.4, -0.2) is 63.7 Å². The minimum atomic E-state index is -0.0260. The number of hydrogen-bond acceptors (Lipinski definition) is 4. The molecule has 2 atom stereocenters. The summed E-state index contributed by atoms with van der Waals surface area (Å²) in [6, 6.07) is 9.14. The predicted octanol–water partition coefficient (Wildman–Crippen LogP) is 2.06. The Bertz CT molecular complexity index is 842. The van der Waals surface area contributed by atoms with Gasteiger partial charge in [0.05, 0.1) is 0 Å². The second-order valence-corrected chi connectivity index (χ2v) is 7.70. The van der Waals surface area contributed by atoms with Crippen molar-refractivity contribution in [3.05, 3.63) is 47.7 Å². The van der Waals surface area contributed by atoms with Crippen LogP contribution >= 0.6 is 11.6 Å². The quantitative estimate of drug-likeness (QED) is 0.741. The van der Waals surface area contributed by atoms with E-state index in [0.29, 0.717) is 42.7 Å². The van der Waals surface area contributed by atoms with Gasteiger partial charge in [0, 0.05) is 62.0 Å². The van der Waals surface area contributed by atoms with Gasteiger partial charge >= 0.3 is 0 Å². The van der Waals surface area contributed by atoms with Crippen LogP contribution in [0.3, 0.4) is 0 Å². The third-order valence-electron chi connectivity index (χ3n) is 5.47. The number of nitrogens with zero attached hydrogens (tertiary/aromatic N) is 4. The zero-order valence-corrected chi connectivity index (χ0v) is 16.3. The Kier molecular flexibility index (Phi) is 5.52. The van der Waals surface area contributed by atoms with Gasteiger partial charge in [-0.25, -0.2) is 0 Å². The number of fused-ring (bicyclic) bond motifs is 1. The maximum atomic E-state index is 12.5. The SMILES string of the molecule is O=C(COc1cccc(Cl)c1)N1CCC2C(C1)CN2C(=O)CCn1cccn1. The molecule has 148 valence electrons. The van der Waals surface area contributed by atoms with Crippen molar-refractivity contribution in [1.82, 2.24) is 19.6 Å². The van der Waals surface area contributed by atoms with E-state index in [-0.39, 0.29) is 24.5 Å². The second kappa shape index (κ2) is 8.22. The van der Waals surface area contributed by atoms with Crippen molar-refractivity contribution < 1.29 is 14.3 Å². The first-order valence-corrected chi connectivity index (χ1v) is 9.91. The average molecular weight is 403 g/mol. The molecule has 0 saturated carbocycles. The fourth-order valence-corrected chi connectivity index (χ4v) is 4.13. The minimum Gasteiger partial charge on any atom is -0.484 e. The lowest BCUT2D eigenvalue weighted by molar-refractivity contribution is -0.152. The molecule has 4 rings (SSSR count). The van der Waals surface area contributed by atoms with Gasteiger partial charge in [-0.2, -0.15) is 5.10 Å². The van der Waals surface area contributed by atoms with E-state index >= 15 is 0 Å². The summed E-state index contributed by atoms with van der Waals surface area (Å²) >= 11 is 5.93. The Morgan fingerprint density at radius 2 is 2.11 bits per heavy atom. The van der Waals surface area contributed by atoms with Crippen LogP contribution in [0.5, 0.6) is 5.75 Å². The lowest BCUT2D eigenvalue weighted by Gasteiger charge is -2.53. The van der Waals surface area contributed by atoms with E-state index in [0.717, 1.165) is 13.0 Å². The lowest BCUT2D eigenvalue weighted by Crippen LogP contribution is -2.65. The third-order valence-corrected chi connectivity index (χ3v) is 5.71. The summed E-state index contributed by atoms with van der Waals surface area (Å²) in [6.07, 6.45) is 4.86. The number of likely N-dealkylation sites (tertiary alicyclic amines) is 2. The van der Waals surface area contributed by atoms with Gasteiger partial charge in [-0.05, 0) is 30.7 Å². The topological polar surface area (TPSA) is 67.7 Å². The van der Waals surface area contributed by atoms with E-state index in [1.54, 1.807) is 35.1 Å². The Balaban J connectivity index is 1.22. The zero-order chi connectivity index (χ0) is 19.5. The Labute approximate surface area is 168 Å². The van der Waals surface area contributed by atoms with Crippen molar-refractivity contribution in [2.24, 2.45) is 5.92 Å². The van der Waals surface area contributed by atoms with Gasteiger partial charge in [0.1, 0.15) is 5.75 Å². The van der Waals surface area contributed by atoms with Gasteiger partial charge in [-0.15, -0.1) is 0 Å². The van der Waals surface area contributed by atoms with Gasteiger partial charge in [0.2, 0.25) is 5.91 Å². The van der Waals surface area contributed by atoms with Gasteiger partial charge in [0.15, 0.2) is 6.61 Å². The standard InChI is InChI=1S/C20H23ClN4O3/c21-16-3-1-4-17(11-16)28-14-20(27)23-9-5-18-15(12-23)13-25(18)19(26)6-10-24-8-2-7-22-24/h1-4,7-8,11,15,18H,5-6,9-10,12-14H2. The highest BCUT2D eigenvalue weighted by Crippen LogP contribution is 2.33. The predicted molar refractivity (Wildman–Crippen MR) is 104 cm³/mol. The normalized spacial score (nSPS) is 21.0. The monoisotopic (exact) mass is 402 g/mol. The Morgan fingerprint density at radius 1 is 1.21 bits per heavy atom. The lowest BCUT2D eigenvalue weighted by atomic mass is 9.82. The molecule has 1 aromatic heterocycles. The van der Waals surface area contributed by atoms with Crippen LogP contribution in [0, 0.1) is 5.92 Å². The highest BCUT2D eigenvalue weighted by molar-refractivity contribution is 6.30. The van der Waals surface area contributed by atoms with Crippen molar-refractivity contribution in [3.63, 3.8) is 0 Å². The summed E-state index contributed by atoms with van der Waals surface area (Å²) in [4.78, 5) is 28.7. The molecule has 0 bridgehead atoms. The summed E-state index contributed by atoms with van der Waals surface area (Å²) in [7, 11) is 0. The molecule has 2 saturated heterocycles. The number of aryl methyl sites for hydroxylation is 1. The number of halogens is 1. The average Bonchev–Trinajstić information content (AvgIpc) is 3.19. The zero-order valence-electron chi connectivity index (χ0n) is 15.5. The molecule has 3 heterocycles. The van der Waals surface area contributed by atoms with E-state index < -0.39 is 0 Å². The summed E-state index contributed by atoms with van der Waals surface area (Å²) in [6.45, 7) is 2.67. The second-order valence-electron chi connectivity index (χ2n) is 7.27. The van der Waals surface area contributed by atoms with Crippen LogP contribution < -0.4 is 4.74 Å². The van der Waals surface area contributed by atoms with Gasteiger partial charge in [0.25, 0.3) is 5.91 Å². The molecule has 1 aromatic carbocycles. The van der Waals surface area contributed by atoms with Crippen molar-refractivity contribution in [3.8, 4) is 5.75 Å². The van der Waals surface area contributed by atoms with E-state index in [9.17, 15) is 9.59 Å². The van der Waals surface area contributed by atoms with Crippen LogP contribution in [0.15, 0.2) is 42.7 Å². The molecule has 8 heteroatoms. The fourth-order valence-electron chi connectivity index (χ4n) is 3.95. The maximum absolute atomic E-state index is 12.5. The largest absolute Gasteiger partial charge is 0.484 e. The number of rotatable bonds is 6. The molecule has 2 unspecified atom stereocenters. The first-order valence-electron chi connectivity index (χ1n) is 9.53. The minimum absolute atomic E-state index is 0.00421. The molecule has 2 fully saturated rings. The molecule has 28 heavy (non-hydrogen) atoms. The molecule has 0 spiro atoms. The first-order chi connectivity index (χ1) is 13.6. The molecule has 2 aliphatic heterocycles. The molecule has 0 aliphatic carbocycles. The van der Waals surface area contributed by atoms with Crippen LogP contribution in [0.1, 0.15) is 12.8 Å². The molecule has 7 nitrogen and oxygen atoms in total. The molecular weight excluding hydrogens is 380 g/mol. The molecular formula is C20H23ClN4O3. The summed E-state index contributed by atoms with van der Waals surface area (Å²) < 4.78 is 7.33. The number of hydrogen-bond donors (Lipinski definition) is 0. The number of benzene rings is 1. The Hall–Kier alpha value is -2.54. The smallest absolute Gasteiger partial charge is 0.260 e. The van der Waals surface area contributed by atoms with E-state index in [4.69, 9.17) is 16.3 Å². The van der Waals surface area contributed by atoms with Crippen molar-refractivity contribution >= 4 is 23.4 Å². The molecule has 0 N–H and O–H groups in total.